The highest BCUT2D eigenvalue weighted by Crippen LogP contribution is 2.33. The third-order valence-electron chi connectivity index (χ3n) is 4.55. The van der Waals surface area contributed by atoms with Gasteiger partial charge in [0.15, 0.2) is 0 Å². The zero-order chi connectivity index (χ0) is 12.5. The van der Waals surface area contributed by atoms with Crippen LogP contribution in [0.15, 0.2) is 17.2 Å². The van der Waals surface area contributed by atoms with Gasteiger partial charge in [0.25, 0.3) is 0 Å². The molecule has 0 saturated heterocycles. The van der Waals surface area contributed by atoms with Gasteiger partial charge in [-0.05, 0) is 38.6 Å². The van der Waals surface area contributed by atoms with Crippen molar-refractivity contribution in [3.63, 3.8) is 0 Å². The van der Waals surface area contributed by atoms with Crippen LogP contribution >= 0.6 is 0 Å². The second-order valence-corrected chi connectivity index (χ2v) is 5.81. The van der Waals surface area contributed by atoms with E-state index in [2.05, 4.69) is 5.32 Å². The molecule has 0 aliphatic heterocycles. The number of imidazole rings is 1. The molecule has 1 aromatic heterocycles. The Kier molecular flexibility index (Phi) is 3.29. The maximum absolute atomic E-state index is 12.2. The molecule has 0 amide bonds. The van der Waals surface area contributed by atoms with Gasteiger partial charge in [-0.25, -0.2) is 4.79 Å². The maximum Gasteiger partial charge on any atom is 0.328 e. The average molecular weight is 249 g/mol. The first-order valence-electron chi connectivity index (χ1n) is 7.24. The summed E-state index contributed by atoms with van der Waals surface area (Å²) in [6.07, 6.45) is 11.6. The van der Waals surface area contributed by atoms with E-state index in [9.17, 15) is 4.79 Å². The van der Waals surface area contributed by atoms with Crippen LogP contribution in [-0.2, 0) is 6.54 Å². The van der Waals surface area contributed by atoms with Gasteiger partial charge in [-0.2, -0.15) is 0 Å². The molecule has 1 unspecified atom stereocenters. The van der Waals surface area contributed by atoms with Crippen molar-refractivity contribution in [1.29, 1.82) is 0 Å². The van der Waals surface area contributed by atoms with E-state index in [1.54, 1.807) is 0 Å². The van der Waals surface area contributed by atoms with E-state index < -0.39 is 0 Å². The number of nitrogens with one attached hydrogen (secondary N) is 1. The first kappa shape index (κ1) is 12.0. The molecule has 2 saturated carbocycles. The lowest BCUT2D eigenvalue weighted by Gasteiger charge is -2.22. The summed E-state index contributed by atoms with van der Waals surface area (Å²) in [4.78, 5) is 12.2. The summed E-state index contributed by atoms with van der Waals surface area (Å²) in [5.41, 5.74) is 0.177. The molecule has 0 radical (unpaired) electrons. The molecule has 18 heavy (non-hydrogen) atoms. The Bertz CT molecular complexity index is 452. The van der Waals surface area contributed by atoms with Crippen molar-refractivity contribution >= 4 is 0 Å². The summed E-state index contributed by atoms with van der Waals surface area (Å²) < 4.78 is 3.79. The number of aromatic nitrogens is 2. The van der Waals surface area contributed by atoms with Gasteiger partial charge >= 0.3 is 5.69 Å². The second-order valence-electron chi connectivity index (χ2n) is 5.81. The lowest BCUT2D eigenvalue weighted by Crippen LogP contribution is -2.39. The van der Waals surface area contributed by atoms with Gasteiger partial charge in [0.2, 0.25) is 0 Å². The number of likely N-dealkylation sites (N-methyl/N-ethyl adjacent to an activating group) is 1. The number of rotatable bonds is 5. The van der Waals surface area contributed by atoms with Crippen molar-refractivity contribution in [1.82, 2.24) is 14.5 Å². The van der Waals surface area contributed by atoms with Crippen molar-refractivity contribution < 1.29 is 0 Å². The molecule has 1 atom stereocenters. The van der Waals surface area contributed by atoms with Gasteiger partial charge in [0.1, 0.15) is 0 Å². The van der Waals surface area contributed by atoms with Crippen LogP contribution in [0.1, 0.15) is 44.6 Å². The van der Waals surface area contributed by atoms with Gasteiger partial charge in [-0.3, -0.25) is 9.13 Å². The third kappa shape index (κ3) is 2.26. The smallest absolute Gasteiger partial charge is 0.315 e. The minimum atomic E-state index is 0.177. The first-order valence-corrected chi connectivity index (χ1v) is 7.24. The Balaban J connectivity index is 1.72. The summed E-state index contributed by atoms with van der Waals surface area (Å²) in [5.74, 6) is 0.742. The molecule has 0 spiro atoms. The van der Waals surface area contributed by atoms with E-state index in [1.165, 1.54) is 38.5 Å². The van der Waals surface area contributed by atoms with Crippen LogP contribution in [0.5, 0.6) is 0 Å². The van der Waals surface area contributed by atoms with Crippen molar-refractivity contribution in [2.24, 2.45) is 5.92 Å². The van der Waals surface area contributed by atoms with Crippen LogP contribution in [-0.4, -0.2) is 22.2 Å². The molecule has 2 aliphatic rings. The quantitative estimate of drug-likeness (QED) is 0.863. The van der Waals surface area contributed by atoms with Gasteiger partial charge in [-0.1, -0.05) is 12.8 Å². The minimum Gasteiger partial charge on any atom is -0.315 e. The monoisotopic (exact) mass is 249 g/mol. The molecule has 4 heteroatoms. The SMILES string of the molecule is CNC(Cn1ccn(C2CC2)c1=O)C1CCCC1. The lowest BCUT2D eigenvalue weighted by atomic mass is 9.98. The lowest BCUT2D eigenvalue weighted by molar-refractivity contribution is 0.335. The predicted octanol–water partition coefficient (Wildman–Crippen LogP) is 1.76. The van der Waals surface area contributed by atoms with Crippen LogP contribution in [0, 0.1) is 5.92 Å². The molecule has 0 aromatic carbocycles. The van der Waals surface area contributed by atoms with Crippen molar-refractivity contribution in [3.05, 3.63) is 22.9 Å². The van der Waals surface area contributed by atoms with E-state index in [0.29, 0.717) is 12.1 Å². The molecule has 0 bridgehead atoms. The molecule has 4 nitrogen and oxygen atoms in total. The molecule has 1 heterocycles. The van der Waals surface area contributed by atoms with Gasteiger partial charge in [0.05, 0.1) is 0 Å². The Morgan fingerprint density at radius 3 is 2.61 bits per heavy atom. The van der Waals surface area contributed by atoms with E-state index in [0.717, 1.165) is 12.5 Å². The number of nitrogens with zero attached hydrogens (tertiary/aromatic N) is 2. The van der Waals surface area contributed by atoms with Crippen molar-refractivity contribution in [3.8, 4) is 0 Å². The summed E-state index contributed by atoms with van der Waals surface area (Å²) >= 11 is 0. The normalized spacial score (nSPS) is 22.5. The highest BCUT2D eigenvalue weighted by Gasteiger charge is 2.27. The van der Waals surface area contributed by atoms with Crippen LogP contribution in [0.3, 0.4) is 0 Å². The highest BCUT2D eigenvalue weighted by atomic mass is 16.1. The molecule has 2 aliphatic carbocycles. The fourth-order valence-corrected chi connectivity index (χ4v) is 3.25. The predicted molar refractivity (Wildman–Crippen MR) is 71.8 cm³/mol. The molecule has 2 fully saturated rings. The molecule has 3 rings (SSSR count). The van der Waals surface area contributed by atoms with Crippen molar-refractivity contribution in [2.75, 3.05) is 7.05 Å². The minimum absolute atomic E-state index is 0.177. The Hall–Kier alpha value is -1.03. The van der Waals surface area contributed by atoms with Crippen LogP contribution < -0.4 is 11.0 Å². The maximum atomic E-state index is 12.2. The standard InChI is InChI=1S/C14H23N3O/c1-15-13(11-4-2-3-5-11)10-16-8-9-17(14(16)18)12-6-7-12/h8-9,11-13,15H,2-7,10H2,1H3. The summed E-state index contributed by atoms with van der Waals surface area (Å²) in [6.45, 7) is 0.819. The Morgan fingerprint density at radius 1 is 1.28 bits per heavy atom. The van der Waals surface area contributed by atoms with E-state index in [4.69, 9.17) is 0 Å². The highest BCUT2D eigenvalue weighted by molar-refractivity contribution is 4.92. The zero-order valence-electron chi connectivity index (χ0n) is 11.1. The van der Waals surface area contributed by atoms with Crippen molar-refractivity contribution in [2.45, 2.75) is 57.2 Å². The van der Waals surface area contributed by atoms with Crippen LogP contribution in [0.4, 0.5) is 0 Å². The van der Waals surface area contributed by atoms with E-state index >= 15 is 0 Å². The van der Waals surface area contributed by atoms with E-state index in [1.807, 2.05) is 28.6 Å². The number of hydrogen-bond donors (Lipinski definition) is 1. The molecular formula is C14H23N3O. The van der Waals surface area contributed by atoms with Gasteiger partial charge in [0, 0.05) is 31.0 Å². The molecular weight excluding hydrogens is 226 g/mol. The first-order chi connectivity index (χ1) is 8.79. The molecule has 1 N–H and O–H groups in total. The average Bonchev–Trinajstić information content (AvgIpc) is 2.95. The van der Waals surface area contributed by atoms with Crippen LogP contribution in [0.25, 0.3) is 0 Å². The Labute approximate surface area is 108 Å². The largest absolute Gasteiger partial charge is 0.328 e. The Morgan fingerprint density at radius 2 is 2.00 bits per heavy atom. The van der Waals surface area contributed by atoms with Gasteiger partial charge in [-0.15, -0.1) is 0 Å². The topological polar surface area (TPSA) is 39.0 Å². The fourth-order valence-electron chi connectivity index (χ4n) is 3.25. The summed E-state index contributed by atoms with van der Waals surface area (Å²) in [7, 11) is 2.02. The molecule has 1 aromatic rings. The van der Waals surface area contributed by atoms with E-state index in [-0.39, 0.29) is 5.69 Å². The fraction of sp³-hybridized carbons (Fsp3) is 0.786. The second kappa shape index (κ2) is 4.92. The summed E-state index contributed by atoms with van der Waals surface area (Å²) in [6, 6.07) is 0.929. The molecule has 100 valence electrons. The van der Waals surface area contributed by atoms with Crippen LogP contribution in [0.2, 0.25) is 0 Å². The van der Waals surface area contributed by atoms with Gasteiger partial charge < -0.3 is 5.32 Å². The third-order valence-corrected chi connectivity index (χ3v) is 4.55. The number of hydrogen-bond acceptors (Lipinski definition) is 2. The summed E-state index contributed by atoms with van der Waals surface area (Å²) in [5, 5.41) is 3.40. The zero-order valence-corrected chi connectivity index (χ0v) is 11.1.